The van der Waals surface area contributed by atoms with Crippen molar-refractivity contribution < 1.29 is 4.79 Å². The molecule has 16 heavy (non-hydrogen) atoms. The Morgan fingerprint density at radius 3 is 2.50 bits per heavy atom. The van der Waals surface area contributed by atoms with Gasteiger partial charge in [0.05, 0.1) is 6.04 Å². The highest BCUT2D eigenvalue weighted by Gasteiger charge is 2.23. The first kappa shape index (κ1) is 13.5. The van der Waals surface area contributed by atoms with E-state index in [9.17, 15) is 4.79 Å². The molecule has 1 amide bonds. The summed E-state index contributed by atoms with van der Waals surface area (Å²) < 4.78 is 0. The largest absolute Gasteiger partial charge is 0.341 e. The van der Waals surface area contributed by atoms with Crippen LogP contribution in [0.3, 0.4) is 0 Å². The number of likely N-dealkylation sites (N-methyl/N-ethyl adjacent to an activating group) is 1. The lowest BCUT2D eigenvalue weighted by Crippen LogP contribution is -2.47. The van der Waals surface area contributed by atoms with Crippen LogP contribution in [0.5, 0.6) is 0 Å². The number of carbonyl (C=O) groups is 1. The van der Waals surface area contributed by atoms with Crippen molar-refractivity contribution in [2.75, 3.05) is 20.1 Å². The highest BCUT2D eigenvalue weighted by atomic mass is 16.2. The Kier molecular flexibility index (Phi) is 6.46. The lowest BCUT2D eigenvalue weighted by Gasteiger charge is -2.30. The quantitative estimate of drug-likeness (QED) is 0.704. The van der Waals surface area contributed by atoms with E-state index in [4.69, 9.17) is 0 Å². The van der Waals surface area contributed by atoms with Crippen LogP contribution >= 0.6 is 0 Å². The maximum absolute atomic E-state index is 12.2. The number of hydrogen-bond acceptors (Lipinski definition) is 2. The molecule has 1 N–H and O–H groups in total. The first-order valence-electron chi connectivity index (χ1n) is 6.75. The Balaban J connectivity index is 2.35. The summed E-state index contributed by atoms with van der Waals surface area (Å²) in [4.78, 5) is 14.2. The summed E-state index contributed by atoms with van der Waals surface area (Å²) in [6.07, 6.45) is 8.22. The number of unbranched alkanes of at least 4 members (excludes halogenated alkanes) is 2. The Labute approximate surface area is 99.6 Å². The molecule has 0 unspecified atom stereocenters. The maximum Gasteiger partial charge on any atom is 0.239 e. The Hall–Kier alpha value is -0.570. The molecule has 1 rings (SSSR count). The van der Waals surface area contributed by atoms with E-state index >= 15 is 0 Å². The van der Waals surface area contributed by atoms with Gasteiger partial charge >= 0.3 is 0 Å². The van der Waals surface area contributed by atoms with Crippen molar-refractivity contribution in [2.24, 2.45) is 0 Å². The molecule has 0 bridgehead atoms. The number of carbonyl (C=O) groups excluding carboxylic acids is 1. The van der Waals surface area contributed by atoms with Crippen LogP contribution in [0.2, 0.25) is 0 Å². The highest BCUT2D eigenvalue weighted by Crippen LogP contribution is 2.12. The molecular weight excluding hydrogens is 200 g/mol. The van der Waals surface area contributed by atoms with E-state index in [2.05, 4.69) is 12.2 Å². The number of rotatable bonds is 6. The van der Waals surface area contributed by atoms with Gasteiger partial charge in [0.1, 0.15) is 0 Å². The normalized spacial score (nSPS) is 18.5. The molecule has 1 atom stereocenters. The molecule has 0 spiro atoms. The van der Waals surface area contributed by atoms with Gasteiger partial charge in [0, 0.05) is 13.1 Å². The number of nitrogens with zero attached hydrogens (tertiary/aromatic N) is 1. The second-order valence-electron chi connectivity index (χ2n) is 4.72. The van der Waals surface area contributed by atoms with Crippen molar-refractivity contribution in [1.29, 1.82) is 0 Å². The van der Waals surface area contributed by atoms with Crippen LogP contribution in [0.25, 0.3) is 0 Å². The lowest BCUT2D eigenvalue weighted by atomic mass is 10.1. The Morgan fingerprint density at radius 2 is 1.94 bits per heavy atom. The van der Waals surface area contributed by atoms with Gasteiger partial charge in [-0.3, -0.25) is 4.79 Å². The highest BCUT2D eigenvalue weighted by molar-refractivity contribution is 5.81. The van der Waals surface area contributed by atoms with E-state index in [0.717, 1.165) is 25.9 Å². The van der Waals surface area contributed by atoms with Crippen molar-refractivity contribution in [1.82, 2.24) is 10.2 Å². The molecule has 1 fully saturated rings. The number of piperidine rings is 1. The minimum absolute atomic E-state index is 0.0460. The first-order valence-corrected chi connectivity index (χ1v) is 6.75. The van der Waals surface area contributed by atoms with Crippen LogP contribution in [-0.4, -0.2) is 37.0 Å². The third-order valence-corrected chi connectivity index (χ3v) is 3.41. The zero-order chi connectivity index (χ0) is 11.8. The van der Waals surface area contributed by atoms with Crippen molar-refractivity contribution in [3.05, 3.63) is 0 Å². The molecule has 1 aliphatic rings. The van der Waals surface area contributed by atoms with Crippen LogP contribution in [0, 0.1) is 0 Å². The third kappa shape index (κ3) is 4.12. The molecule has 0 aromatic heterocycles. The fourth-order valence-corrected chi connectivity index (χ4v) is 2.32. The summed E-state index contributed by atoms with van der Waals surface area (Å²) in [6, 6.07) is 0.0460. The third-order valence-electron chi connectivity index (χ3n) is 3.41. The molecule has 1 heterocycles. The van der Waals surface area contributed by atoms with Crippen LogP contribution in [0.1, 0.15) is 51.9 Å². The average Bonchev–Trinajstić information content (AvgIpc) is 2.35. The average molecular weight is 226 g/mol. The van der Waals surface area contributed by atoms with Gasteiger partial charge in [-0.2, -0.15) is 0 Å². The molecule has 3 nitrogen and oxygen atoms in total. The molecule has 94 valence electrons. The van der Waals surface area contributed by atoms with Crippen LogP contribution < -0.4 is 5.32 Å². The molecule has 0 radical (unpaired) electrons. The fraction of sp³-hybridized carbons (Fsp3) is 0.923. The summed E-state index contributed by atoms with van der Waals surface area (Å²) in [7, 11) is 1.90. The van der Waals surface area contributed by atoms with Gasteiger partial charge in [-0.05, 0) is 32.7 Å². The summed E-state index contributed by atoms with van der Waals surface area (Å²) in [6.45, 7) is 4.12. The number of nitrogens with one attached hydrogen (secondary N) is 1. The minimum Gasteiger partial charge on any atom is -0.341 e. The predicted octanol–water partition coefficient (Wildman–Crippen LogP) is 2.17. The molecular formula is C13H26N2O. The van der Waals surface area contributed by atoms with E-state index < -0.39 is 0 Å². The topological polar surface area (TPSA) is 32.3 Å². The van der Waals surface area contributed by atoms with E-state index in [1.54, 1.807) is 0 Å². The van der Waals surface area contributed by atoms with Crippen molar-refractivity contribution in [3.63, 3.8) is 0 Å². The molecule has 0 aromatic carbocycles. The molecule has 3 heteroatoms. The van der Waals surface area contributed by atoms with E-state index in [1.165, 1.54) is 32.1 Å². The SMILES string of the molecule is CCCCC[C@@H](NC)C(=O)N1CCCCC1. The fourth-order valence-electron chi connectivity index (χ4n) is 2.32. The Morgan fingerprint density at radius 1 is 1.25 bits per heavy atom. The summed E-state index contributed by atoms with van der Waals surface area (Å²) in [5, 5.41) is 3.17. The van der Waals surface area contributed by atoms with Crippen molar-refractivity contribution >= 4 is 5.91 Å². The van der Waals surface area contributed by atoms with Crippen LogP contribution in [-0.2, 0) is 4.79 Å². The Bertz CT molecular complexity index is 200. The second kappa shape index (κ2) is 7.66. The molecule has 0 saturated carbocycles. The van der Waals surface area contributed by atoms with Crippen molar-refractivity contribution in [3.8, 4) is 0 Å². The van der Waals surface area contributed by atoms with E-state index in [0.29, 0.717) is 5.91 Å². The maximum atomic E-state index is 12.2. The second-order valence-corrected chi connectivity index (χ2v) is 4.72. The van der Waals surface area contributed by atoms with Crippen LogP contribution in [0.15, 0.2) is 0 Å². The van der Waals surface area contributed by atoms with Crippen molar-refractivity contribution in [2.45, 2.75) is 57.9 Å². The summed E-state index contributed by atoms with van der Waals surface area (Å²) >= 11 is 0. The minimum atomic E-state index is 0.0460. The molecule has 1 saturated heterocycles. The summed E-state index contributed by atoms with van der Waals surface area (Å²) in [5.74, 6) is 0.318. The van der Waals surface area contributed by atoms with Gasteiger partial charge in [0.25, 0.3) is 0 Å². The van der Waals surface area contributed by atoms with Gasteiger partial charge in [0.2, 0.25) is 5.91 Å². The van der Waals surface area contributed by atoms with Gasteiger partial charge in [-0.15, -0.1) is 0 Å². The van der Waals surface area contributed by atoms with Crippen LogP contribution in [0.4, 0.5) is 0 Å². The van der Waals surface area contributed by atoms with Gasteiger partial charge < -0.3 is 10.2 Å². The standard InChI is InChI=1S/C13H26N2O/c1-3-4-6-9-12(14-2)13(16)15-10-7-5-8-11-15/h12,14H,3-11H2,1-2H3/t12-/m1/s1. The molecule has 0 aliphatic carbocycles. The first-order chi connectivity index (χ1) is 7.79. The number of hydrogen-bond donors (Lipinski definition) is 1. The lowest BCUT2D eigenvalue weighted by molar-refractivity contribution is -0.134. The smallest absolute Gasteiger partial charge is 0.239 e. The number of likely N-dealkylation sites (tertiary alicyclic amines) is 1. The molecule has 0 aromatic rings. The molecule has 1 aliphatic heterocycles. The number of amides is 1. The van der Waals surface area contributed by atoms with Gasteiger partial charge in [0.15, 0.2) is 0 Å². The predicted molar refractivity (Wildman–Crippen MR) is 67.4 cm³/mol. The van der Waals surface area contributed by atoms with E-state index in [-0.39, 0.29) is 6.04 Å². The summed E-state index contributed by atoms with van der Waals surface area (Å²) in [5.41, 5.74) is 0. The monoisotopic (exact) mass is 226 g/mol. The zero-order valence-electron chi connectivity index (χ0n) is 10.8. The van der Waals surface area contributed by atoms with Gasteiger partial charge in [-0.1, -0.05) is 26.2 Å². The zero-order valence-corrected chi connectivity index (χ0v) is 10.8. The van der Waals surface area contributed by atoms with Gasteiger partial charge in [-0.25, -0.2) is 0 Å². The van der Waals surface area contributed by atoms with E-state index in [1.807, 2.05) is 11.9 Å².